The topological polar surface area (TPSA) is 92.8 Å². The predicted octanol–water partition coefficient (Wildman–Crippen LogP) is 3.65. The summed E-state index contributed by atoms with van der Waals surface area (Å²) < 4.78 is 32.8. The number of methoxy groups -OCH3 is 1. The molecule has 0 saturated heterocycles. The number of nitrogens with zero attached hydrogens (tertiary/aromatic N) is 1. The predicted molar refractivity (Wildman–Crippen MR) is 123 cm³/mol. The van der Waals surface area contributed by atoms with Crippen molar-refractivity contribution in [1.82, 2.24) is 0 Å². The maximum Gasteiger partial charge on any atom is 0.339 e. The minimum absolute atomic E-state index is 0.118. The van der Waals surface area contributed by atoms with Crippen LogP contribution in [0.25, 0.3) is 5.57 Å². The van der Waals surface area contributed by atoms with Crippen LogP contribution < -0.4 is 9.62 Å². The van der Waals surface area contributed by atoms with E-state index in [4.69, 9.17) is 4.74 Å². The fraction of sp³-hybridized carbons (Fsp3) is 0.0833. The van der Waals surface area contributed by atoms with Crippen LogP contribution in [0.3, 0.4) is 0 Å². The molecular formula is C24H20N2O5S. The molecule has 0 bridgehead atoms. The van der Waals surface area contributed by atoms with Crippen molar-refractivity contribution >= 4 is 38.8 Å². The van der Waals surface area contributed by atoms with Crippen LogP contribution in [-0.4, -0.2) is 34.5 Å². The highest BCUT2D eigenvalue weighted by Crippen LogP contribution is 2.42. The number of sulfonamides is 1. The van der Waals surface area contributed by atoms with Crippen LogP contribution in [0.2, 0.25) is 0 Å². The first kappa shape index (κ1) is 21.3. The molecule has 1 heterocycles. The summed E-state index contributed by atoms with van der Waals surface area (Å²) in [5.41, 5.74) is 2.24. The molecule has 0 aromatic heterocycles. The number of amides is 1. The van der Waals surface area contributed by atoms with Crippen molar-refractivity contribution in [1.29, 1.82) is 0 Å². The Hall–Kier alpha value is -3.91. The average molecular weight is 449 g/mol. The number of carbonyl (C=O) groups excluding carboxylic acids is 2. The van der Waals surface area contributed by atoms with Gasteiger partial charge in [0.15, 0.2) is 4.91 Å². The smallest absolute Gasteiger partial charge is 0.339 e. The number of nitrogens with one attached hydrogen (secondary N) is 1. The van der Waals surface area contributed by atoms with Crippen molar-refractivity contribution in [2.24, 2.45) is 0 Å². The quantitative estimate of drug-likeness (QED) is 0.615. The fourth-order valence-corrected chi connectivity index (χ4v) is 5.12. The van der Waals surface area contributed by atoms with Gasteiger partial charge in [0.2, 0.25) is 0 Å². The highest BCUT2D eigenvalue weighted by molar-refractivity contribution is 7.97. The number of rotatable bonds is 4. The van der Waals surface area contributed by atoms with E-state index in [-0.39, 0.29) is 11.3 Å². The van der Waals surface area contributed by atoms with Gasteiger partial charge in [0.25, 0.3) is 15.9 Å². The lowest BCUT2D eigenvalue weighted by molar-refractivity contribution is -0.112. The number of benzene rings is 3. The zero-order valence-electron chi connectivity index (χ0n) is 17.4. The second-order valence-corrected chi connectivity index (χ2v) is 8.96. The van der Waals surface area contributed by atoms with E-state index in [1.54, 1.807) is 60.7 Å². The number of hydrogen-bond acceptors (Lipinski definition) is 5. The maximum absolute atomic E-state index is 13.5. The lowest BCUT2D eigenvalue weighted by atomic mass is 9.95. The normalized spacial score (nSPS) is 14.5. The summed E-state index contributed by atoms with van der Waals surface area (Å²) in [5, 5.41) is 2.60. The molecule has 1 N–H and O–H groups in total. The van der Waals surface area contributed by atoms with E-state index in [1.165, 1.54) is 26.3 Å². The molecule has 162 valence electrons. The van der Waals surface area contributed by atoms with E-state index in [1.807, 2.05) is 6.07 Å². The monoisotopic (exact) mass is 448 g/mol. The largest absolute Gasteiger partial charge is 0.465 e. The first-order chi connectivity index (χ1) is 15.4. The van der Waals surface area contributed by atoms with E-state index in [9.17, 15) is 18.0 Å². The SMILES string of the molecule is COC(=O)c1ccccc1NC(=O)C1=C(c2ccccc2)c2ccccc2N(C)S1(=O)=O. The van der Waals surface area contributed by atoms with Gasteiger partial charge < -0.3 is 10.1 Å². The number of hydrogen-bond donors (Lipinski definition) is 1. The Morgan fingerprint density at radius 2 is 1.50 bits per heavy atom. The molecule has 0 fully saturated rings. The molecule has 8 heteroatoms. The minimum Gasteiger partial charge on any atom is -0.465 e. The molecule has 0 spiro atoms. The number of carbonyl (C=O) groups is 2. The number of esters is 1. The highest BCUT2D eigenvalue weighted by atomic mass is 32.2. The van der Waals surface area contributed by atoms with Gasteiger partial charge in [-0.1, -0.05) is 60.7 Å². The summed E-state index contributed by atoms with van der Waals surface area (Å²) in [5.74, 6) is -1.49. The van der Waals surface area contributed by atoms with E-state index >= 15 is 0 Å². The molecule has 1 aliphatic heterocycles. The van der Waals surface area contributed by atoms with Crippen molar-refractivity contribution in [3.8, 4) is 0 Å². The van der Waals surface area contributed by atoms with E-state index < -0.39 is 26.8 Å². The van der Waals surface area contributed by atoms with Gasteiger partial charge in [0, 0.05) is 18.2 Å². The molecule has 7 nitrogen and oxygen atoms in total. The second kappa shape index (κ2) is 8.32. The molecule has 0 unspecified atom stereocenters. The maximum atomic E-state index is 13.5. The average Bonchev–Trinajstić information content (AvgIpc) is 2.81. The number of ether oxygens (including phenoxy) is 1. The zero-order chi connectivity index (χ0) is 22.9. The van der Waals surface area contributed by atoms with Crippen molar-refractivity contribution in [3.63, 3.8) is 0 Å². The molecule has 3 aromatic carbocycles. The Balaban J connectivity index is 1.94. The lowest BCUT2D eigenvalue weighted by Crippen LogP contribution is -2.37. The van der Waals surface area contributed by atoms with Crippen LogP contribution in [-0.2, 0) is 19.6 Å². The summed E-state index contributed by atoms with van der Waals surface area (Å²) in [7, 11) is -1.55. The Kier molecular flexibility index (Phi) is 5.54. The van der Waals surface area contributed by atoms with Crippen molar-refractivity contribution in [2.45, 2.75) is 0 Å². The van der Waals surface area contributed by atoms with Gasteiger partial charge in [-0.3, -0.25) is 9.10 Å². The van der Waals surface area contributed by atoms with Gasteiger partial charge in [-0.25, -0.2) is 13.2 Å². The Morgan fingerprint density at radius 3 is 2.22 bits per heavy atom. The Morgan fingerprint density at radius 1 is 0.875 bits per heavy atom. The summed E-state index contributed by atoms with van der Waals surface area (Å²) >= 11 is 0. The summed E-state index contributed by atoms with van der Waals surface area (Å²) in [4.78, 5) is 25.2. The zero-order valence-corrected chi connectivity index (χ0v) is 18.2. The highest BCUT2D eigenvalue weighted by Gasteiger charge is 2.39. The molecule has 0 aliphatic carbocycles. The van der Waals surface area contributed by atoms with Gasteiger partial charge in [0.05, 0.1) is 24.0 Å². The van der Waals surface area contributed by atoms with Crippen molar-refractivity contribution < 1.29 is 22.7 Å². The standard InChI is InChI=1S/C24H20N2O5S/c1-26-20-15-9-7-13-18(20)21(16-10-4-3-5-11-16)22(32(26,29)30)23(27)25-19-14-8-6-12-17(19)24(28)31-2/h3-15H,1-2H3,(H,25,27). The van der Waals surface area contributed by atoms with Gasteiger partial charge >= 0.3 is 5.97 Å². The molecule has 32 heavy (non-hydrogen) atoms. The van der Waals surface area contributed by atoms with Gasteiger partial charge in [-0.2, -0.15) is 0 Å². The number of fused-ring (bicyclic) bond motifs is 1. The number of para-hydroxylation sites is 2. The first-order valence-electron chi connectivity index (χ1n) is 9.73. The second-order valence-electron chi connectivity index (χ2n) is 7.05. The van der Waals surface area contributed by atoms with Crippen LogP contribution in [0.1, 0.15) is 21.5 Å². The molecule has 0 atom stereocenters. The summed E-state index contributed by atoms with van der Waals surface area (Å²) in [6.07, 6.45) is 0. The minimum atomic E-state index is -4.19. The van der Waals surface area contributed by atoms with Crippen LogP contribution in [0, 0.1) is 0 Å². The third-order valence-electron chi connectivity index (χ3n) is 5.21. The van der Waals surface area contributed by atoms with Crippen LogP contribution >= 0.6 is 0 Å². The van der Waals surface area contributed by atoms with Crippen molar-refractivity contribution in [3.05, 3.63) is 100 Å². The van der Waals surface area contributed by atoms with Crippen LogP contribution in [0.15, 0.2) is 83.8 Å². The Labute approximate surface area is 186 Å². The lowest BCUT2D eigenvalue weighted by Gasteiger charge is -2.31. The Bertz CT molecular complexity index is 1350. The molecular weight excluding hydrogens is 428 g/mol. The molecule has 1 aliphatic rings. The number of anilines is 2. The van der Waals surface area contributed by atoms with Gasteiger partial charge in [-0.15, -0.1) is 0 Å². The third-order valence-corrected chi connectivity index (χ3v) is 7.03. The molecule has 4 rings (SSSR count). The first-order valence-corrected chi connectivity index (χ1v) is 11.2. The molecule has 1 amide bonds. The van der Waals surface area contributed by atoms with E-state index in [2.05, 4.69) is 5.32 Å². The molecule has 0 radical (unpaired) electrons. The molecule has 3 aromatic rings. The fourth-order valence-electron chi connectivity index (χ4n) is 3.66. The molecule has 0 saturated carbocycles. The van der Waals surface area contributed by atoms with Gasteiger partial charge in [0.1, 0.15) is 0 Å². The summed E-state index contributed by atoms with van der Waals surface area (Å²) in [6, 6.07) is 22.1. The van der Waals surface area contributed by atoms with Gasteiger partial charge in [-0.05, 0) is 23.8 Å². The van der Waals surface area contributed by atoms with Crippen LogP contribution in [0.5, 0.6) is 0 Å². The summed E-state index contributed by atoms with van der Waals surface area (Å²) in [6.45, 7) is 0. The van der Waals surface area contributed by atoms with E-state index in [0.29, 0.717) is 22.4 Å². The van der Waals surface area contributed by atoms with E-state index in [0.717, 1.165) is 4.31 Å². The van der Waals surface area contributed by atoms with Crippen molar-refractivity contribution in [2.75, 3.05) is 23.8 Å². The van der Waals surface area contributed by atoms with Crippen LogP contribution in [0.4, 0.5) is 11.4 Å². The third kappa shape index (κ3) is 3.54.